The van der Waals surface area contributed by atoms with Crippen LogP contribution in [0.25, 0.3) is 0 Å². The SMILES string of the molecule is CN([N])C(=S)c1ccccc1. The largest absolute Gasteiger partial charge is 0.265 e. The van der Waals surface area contributed by atoms with E-state index in [1.54, 1.807) is 0 Å². The van der Waals surface area contributed by atoms with Gasteiger partial charge in [-0.2, -0.15) is 0 Å². The van der Waals surface area contributed by atoms with E-state index in [-0.39, 0.29) is 0 Å². The highest BCUT2D eigenvalue weighted by atomic mass is 32.1. The minimum Gasteiger partial charge on any atom is -0.265 e. The Balaban J connectivity index is 2.86. The minimum atomic E-state index is 0.436. The van der Waals surface area contributed by atoms with Crippen LogP contribution < -0.4 is 5.84 Å². The monoisotopic (exact) mass is 164 g/mol. The molecule has 0 aliphatic rings. The average Bonchev–Trinajstić information content (AvgIpc) is 2.05. The lowest BCUT2D eigenvalue weighted by atomic mass is 10.2. The smallest absolute Gasteiger partial charge is 0.125 e. The topological polar surface area (TPSA) is 25.5 Å². The molecule has 0 spiro atoms. The van der Waals surface area contributed by atoms with Crippen molar-refractivity contribution in [2.45, 2.75) is 0 Å². The molecule has 0 aliphatic heterocycles. The summed E-state index contributed by atoms with van der Waals surface area (Å²) in [6.45, 7) is 0. The van der Waals surface area contributed by atoms with Crippen molar-refractivity contribution in [3.05, 3.63) is 35.9 Å². The van der Waals surface area contributed by atoms with Crippen LogP contribution in [0, 0.1) is 0 Å². The number of rotatable bonds is 1. The third-order valence-corrected chi connectivity index (χ3v) is 1.81. The van der Waals surface area contributed by atoms with Gasteiger partial charge in [0.05, 0.1) is 0 Å². The Morgan fingerprint density at radius 1 is 1.36 bits per heavy atom. The molecule has 0 amide bonds. The Morgan fingerprint density at radius 2 is 1.91 bits per heavy atom. The summed E-state index contributed by atoms with van der Waals surface area (Å²) < 4.78 is 0. The van der Waals surface area contributed by atoms with Gasteiger partial charge in [-0.05, 0) is 5.84 Å². The number of nitrogens with zero attached hydrogens (tertiary/aromatic N) is 2. The fourth-order valence-corrected chi connectivity index (χ4v) is 0.904. The fourth-order valence-electron chi connectivity index (χ4n) is 0.768. The normalized spacial score (nSPS) is 9.27. The van der Waals surface area contributed by atoms with Crippen LogP contribution in [0.2, 0.25) is 0 Å². The zero-order chi connectivity index (χ0) is 8.27. The molecule has 0 atom stereocenters. The summed E-state index contributed by atoms with van der Waals surface area (Å²) in [5.74, 6) is 8.97. The first-order valence-electron chi connectivity index (χ1n) is 3.24. The molecule has 56 valence electrons. The van der Waals surface area contributed by atoms with Crippen LogP contribution in [-0.2, 0) is 0 Å². The molecule has 1 aromatic carbocycles. The van der Waals surface area contributed by atoms with E-state index in [2.05, 4.69) is 0 Å². The molecule has 0 unspecified atom stereocenters. The van der Waals surface area contributed by atoms with Gasteiger partial charge in [-0.25, -0.2) is 0 Å². The Labute approximate surface area is 71.6 Å². The molecular formula is C8H8N2S. The maximum absolute atomic E-state index is 8.97. The third-order valence-electron chi connectivity index (χ3n) is 1.31. The van der Waals surface area contributed by atoms with Gasteiger partial charge in [0.1, 0.15) is 4.99 Å². The standard InChI is InChI=1S/C8H8N2S/c1-10(9)8(11)7-5-3-2-4-6-7/h2-6H,1H3. The quantitative estimate of drug-likeness (QED) is 0.461. The fraction of sp³-hybridized carbons (Fsp3) is 0.125. The highest BCUT2D eigenvalue weighted by molar-refractivity contribution is 7.80. The van der Waals surface area contributed by atoms with Gasteiger partial charge in [0.15, 0.2) is 0 Å². The molecular weight excluding hydrogens is 156 g/mol. The number of hydrogen-bond donors (Lipinski definition) is 0. The summed E-state index contributed by atoms with van der Waals surface area (Å²) in [6, 6.07) is 9.38. The molecule has 0 heterocycles. The summed E-state index contributed by atoms with van der Waals surface area (Å²) in [4.78, 5) is 0.436. The maximum atomic E-state index is 8.97. The summed E-state index contributed by atoms with van der Waals surface area (Å²) in [6.07, 6.45) is 0. The van der Waals surface area contributed by atoms with Crippen LogP contribution in [0.4, 0.5) is 0 Å². The summed E-state index contributed by atoms with van der Waals surface area (Å²) in [5, 5.41) is 0.935. The lowest BCUT2D eigenvalue weighted by Crippen LogP contribution is -2.23. The van der Waals surface area contributed by atoms with E-state index in [1.165, 1.54) is 7.05 Å². The van der Waals surface area contributed by atoms with Crippen LogP contribution in [0.1, 0.15) is 5.56 Å². The van der Waals surface area contributed by atoms with Crippen LogP contribution in [0.5, 0.6) is 0 Å². The van der Waals surface area contributed by atoms with Crippen LogP contribution in [0.3, 0.4) is 0 Å². The zero-order valence-electron chi connectivity index (χ0n) is 6.19. The lowest BCUT2D eigenvalue weighted by molar-refractivity contribution is 0.522. The molecule has 0 fully saturated rings. The second-order valence-corrected chi connectivity index (χ2v) is 2.58. The van der Waals surface area contributed by atoms with E-state index >= 15 is 0 Å². The van der Waals surface area contributed by atoms with Gasteiger partial charge in [0.2, 0.25) is 0 Å². The molecule has 1 rings (SSSR count). The number of benzene rings is 1. The maximum Gasteiger partial charge on any atom is 0.125 e. The predicted molar refractivity (Wildman–Crippen MR) is 48.0 cm³/mol. The van der Waals surface area contributed by atoms with Gasteiger partial charge >= 0.3 is 0 Å². The van der Waals surface area contributed by atoms with Crippen molar-refractivity contribution in [1.82, 2.24) is 10.9 Å². The lowest BCUT2D eigenvalue weighted by Gasteiger charge is -2.08. The molecule has 0 bridgehead atoms. The second-order valence-electron chi connectivity index (χ2n) is 2.19. The van der Waals surface area contributed by atoms with Gasteiger partial charge in [-0.15, -0.1) is 0 Å². The first-order valence-corrected chi connectivity index (χ1v) is 3.64. The summed E-state index contributed by atoms with van der Waals surface area (Å²) in [7, 11) is 1.51. The van der Waals surface area contributed by atoms with E-state index in [4.69, 9.17) is 18.1 Å². The average molecular weight is 164 g/mol. The zero-order valence-corrected chi connectivity index (χ0v) is 7.01. The Hall–Kier alpha value is -0.930. The van der Waals surface area contributed by atoms with Crippen molar-refractivity contribution >= 4 is 17.2 Å². The van der Waals surface area contributed by atoms with Crippen LogP contribution in [0.15, 0.2) is 30.3 Å². The van der Waals surface area contributed by atoms with E-state index in [0.29, 0.717) is 4.99 Å². The number of hydrogen-bond acceptors (Lipinski definition) is 1. The summed E-state index contributed by atoms with van der Waals surface area (Å²) >= 11 is 4.92. The van der Waals surface area contributed by atoms with Gasteiger partial charge in [0.25, 0.3) is 0 Å². The van der Waals surface area contributed by atoms with Crippen LogP contribution >= 0.6 is 12.2 Å². The second kappa shape index (κ2) is 3.46. The van der Waals surface area contributed by atoms with Gasteiger partial charge < -0.3 is 0 Å². The highest BCUT2D eigenvalue weighted by Gasteiger charge is 2.02. The molecule has 0 saturated carbocycles. The summed E-state index contributed by atoms with van der Waals surface area (Å²) in [5.41, 5.74) is 0.854. The third kappa shape index (κ3) is 2.00. The molecule has 0 N–H and O–H groups in total. The van der Waals surface area contributed by atoms with E-state index in [1.807, 2.05) is 30.3 Å². The highest BCUT2D eigenvalue weighted by Crippen LogP contribution is 2.01. The molecule has 0 aliphatic carbocycles. The molecule has 3 heteroatoms. The first-order chi connectivity index (χ1) is 5.22. The van der Waals surface area contributed by atoms with E-state index in [9.17, 15) is 0 Å². The van der Waals surface area contributed by atoms with E-state index in [0.717, 1.165) is 10.6 Å². The van der Waals surface area contributed by atoms with Crippen molar-refractivity contribution in [2.24, 2.45) is 0 Å². The van der Waals surface area contributed by atoms with Crippen molar-refractivity contribution in [3.8, 4) is 0 Å². The molecule has 0 aromatic heterocycles. The Kier molecular flexibility index (Phi) is 2.57. The van der Waals surface area contributed by atoms with Gasteiger partial charge in [-0.3, -0.25) is 5.01 Å². The van der Waals surface area contributed by atoms with Crippen molar-refractivity contribution in [2.75, 3.05) is 7.05 Å². The van der Waals surface area contributed by atoms with Gasteiger partial charge in [0, 0.05) is 12.6 Å². The predicted octanol–water partition coefficient (Wildman–Crippen LogP) is 1.28. The molecule has 2 nitrogen and oxygen atoms in total. The van der Waals surface area contributed by atoms with E-state index < -0.39 is 0 Å². The Bertz CT molecular complexity index is 244. The molecule has 1 aromatic rings. The number of thiocarbonyl (C=S) groups is 1. The Morgan fingerprint density at radius 3 is 2.36 bits per heavy atom. The first kappa shape index (κ1) is 8.17. The van der Waals surface area contributed by atoms with Crippen molar-refractivity contribution in [3.63, 3.8) is 0 Å². The minimum absolute atomic E-state index is 0.436. The van der Waals surface area contributed by atoms with Crippen molar-refractivity contribution in [1.29, 1.82) is 0 Å². The molecule has 11 heavy (non-hydrogen) atoms. The van der Waals surface area contributed by atoms with Gasteiger partial charge in [-0.1, -0.05) is 42.5 Å². The molecule has 2 radical (unpaired) electrons. The molecule has 0 saturated heterocycles. The van der Waals surface area contributed by atoms with Crippen molar-refractivity contribution < 1.29 is 0 Å². The van der Waals surface area contributed by atoms with Crippen LogP contribution in [-0.4, -0.2) is 17.0 Å².